The highest BCUT2D eigenvalue weighted by molar-refractivity contribution is 7.85. The summed E-state index contributed by atoms with van der Waals surface area (Å²) in [5.41, 5.74) is 0. The summed E-state index contributed by atoms with van der Waals surface area (Å²) in [5, 5.41) is 0. The van der Waals surface area contributed by atoms with Gasteiger partial charge in [-0.1, -0.05) is 57.8 Å². The first-order chi connectivity index (χ1) is 19.7. The normalized spacial score (nSPS) is 37.3. The molecule has 0 fully saturated rings. The average Bonchev–Trinajstić information content (AvgIpc) is 2.80. The van der Waals surface area contributed by atoms with Gasteiger partial charge in [0.2, 0.25) is 0 Å². The van der Waals surface area contributed by atoms with Gasteiger partial charge in [-0.2, -0.15) is 0 Å². The molecule has 0 bridgehead atoms. The van der Waals surface area contributed by atoms with Crippen molar-refractivity contribution in [1.29, 1.82) is 0 Å². The second-order valence-corrected chi connectivity index (χ2v) is 5.91. The number of hydrogen-bond donors (Lipinski definition) is 0. The molecule has 134 valence electrons. The topological polar surface area (TPSA) is 57.2 Å². The van der Waals surface area contributed by atoms with Gasteiger partial charge in [0, 0.05) is 43.7 Å². The van der Waals surface area contributed by atoms with E-state index in [9.17, 15) is 13.0 Å². The van der Waals surface area contributed by atoms with Crippen LogP contribution in [0, 0.1) is 0 Å². The summed E-state index contributed by atoms with van der Waals surface area (Å²) in [6.45, 7) is -8.42. The summed E-state index contributed by atoms with van der Waals surface area (Å²) in [6, 6.07) is 0. The van der Waals surface area contributed by atoms with Gasteiger partial charge in [0.25, 0.3) is 0 Å². The zero-order valence-corrected chi connectivity index (χ0v) is 13.0. The predicted molar refractivity (Wildman–Crippen MR) is 92.9 cm³/mol. The standard InChI is InChI=1S/C17H37NO3S/c1-4-5-6-7-8-9-10-11-12-13-15-18(2,3)16-14-17-22(19,20)21/h4-17H2,1-3H3/i1D3,4D2,5D2,6D2,7D2,8D2,9D2,10D2,11D2,12D2,13D2,15D2. The lowest BCUT2D eigenvalue weighted by Crippen LogP contribution is -2.41. The molecule has 0 heterocycles. The summed E-state index contributed by atoms with van der Waals surface area (Å²) in [4.78, 5) is 0. The second kappa shape index (κ2) is 12.3. The SMILES string of the molecule is [2H]C([2H])([2H])C([2H])([2H])C([2H])([2H])C([2H])([2H])C([2H])([2H])C([2H])([2H])C([2H])([2H])C([2H])([2H])C([2H])([2H])C([2H])([2H])C([2H])([2H])C([2H])([2H])[N+](C)(C)CCCS(=O)(=O)[O-]. The van der Waals surface area contributed by atoms with Crippen LogP contribution < -0.4 is 0 Å². The Bertz CT molecular complexity index is 1250. The van der Waals surface area contributed by atoms with Gasteiger partial charge < -0.3 is 9.04 Å². The molecule has 5 heteroatoms. The van der Waals surface area contributed by atoms with E-state index in [4.69, 9.17) is 34.3 Å². The highest BCUT2D eigenvalue weighted by atomic mass is 32.2. The number of hydrogen-bond acceptors (Lipinski definition) is 3. The molecule has 0 aliphatic rings. The summed E-state index contributed by atoms with van der Waals surface area (Å²) >= 11 is 0. The third-order valence-electron chi connectivity index (χ3n) is 2.03. The van der Waals surface area contributed by atoms with Crippen LogP contribution in [-0.2, 0) is 10.1 Å². The lowest BCUT2D eigenvalue weighted by Gasteiger charge is -2.30. The molecule has 0 aromatic rings. The van der Waals surface area contributed by atoms with Gasteiger partial charge in [0.1, 0.15) is 0 Å². The fourth-order valence-corrected chi connectivity index (χ4v) is 1.60. The Hall–Kier alpha value is -0.130. The lowest BCUT2D eigenvalue weighted by atomic mass is 10.1. The Balaban J connectivity index is 7.31. The summed E-state index contributed by atoms with van der Waals surface area (Å²) in [5.74, 6) is -1.07. The molecule has 0 N–H and O–H groups in total. The van der Waals surface area contributed by atoms with Crippen LogP contribution in [0.2, 0.25) is 0 Å². The molecule has 22 heavy (non-hydrogen) atoms. The van der Waals surface area contributed by atoms with Gasteiger partial charge in [0.15, 0.2) is 0 Å². The van der Waals surface area contributed by atoms with Gasteiger partial charge in [-0.3, -0.25) is 0 Å². The highest BCUT2D eigenvalue weighted by Gasteiger charge is 2.14. The first kappa shape index (κ1) is 4.53. The smallest absolute Gasteiger partial charge is 0.0948 e. The second-order valence-electron chi connectivity index (χ2n) is 4.39. The van der Waals surface area contributed by atoms with Gasteiger partial charge in [-0.15, -0.1) is 0 Å². The van der Waals surface area contributed by atoms with Crippen LogP contribution >= 0.6 is 0 Å². The molecule has 0 saturated heterocycles. The molecular formula is C17H37NO3S. The quantitative estimate of drug-likeness (QED) is 0.328. The molecule has 0 spiro atoms. The van der Waals surface area contributed by atoms with E-state index in [1.165, 1.54) is 0 Å². The van der Waals surface area contributed by atoms with E-state index < -0.39 is 110 Å². The molecule has 4 nitrogen and oxygen atoms in total. The minimum absolute atomic E-state index is 0.613. The lowest BCUT2D eigenvalue weighted by molar-refractivity contribution is -0.890. The van der Waals surface area contributed by atoms with Crippen molar-refractivity contribution in [3.05, 3.63) is 0 Å². The molecule has 0 saturated carbocycles. The van der Waals surface area contributed by atoms with Crippen molar-refractivity contribution < 1.29 is 51.7 Å². The summed E-state index contributed by atoms with van der Waals surface area (Å²) in [7, 11) is -3.10. The van der Waals surface area contributed by atoms with Gasteiger partial charge in [0.05, 0.1) is 40.0 Å². The molecule has 0 aromatic carbocycles. The van der Waals surface area contributed by atoms with E-state index in [1.54, 1.807) is 0 Å². The van der Waals surface area contributed by atoms with Crippen molar-refractivity contribution in [1.82, 2.24) is 0 Å². The zero-order valence-electron chi connectivity index (χ0n) is 37.2. The Morgan fingerprint density at radius 3 is 1.95 bits per heavy atom. The molecule has 0 unspecified atom stereocenters. The Kier molecular flexibility index (Phi) is 2.53. The van der Waals surface area contributed by atoms with Crippen molar-refractivity contribution in [2.45, 2.75) is 77.0 Å². The Labute approximate surface area is 173 Å². The fraction of sp³-hybridized carbons (Fsp3) is 1.00. The maximum atomic E-state index is 11.0. The van der Waals surface area contributed by atoms with E-state index in [1.807, 2.05) is 0 Å². The van der Waals surface area contributed by atoms with Gasteiger partial charge in [-0.25, -0.2) is 8.42 Å². The Morgan fingerprint density at radius 2 is 1.45 bits per heavy atom. The van der Waals surface area contributed by atoms with E-state index in [2.05, 4.69) is 0 Å². The third-order valence-corrected chi connectivity index (χ3v) is 2.82. The van der Waals surface area contributed by atoms with E-state index in [0.29, 0.717) is 0 Å². The molecule has 0 aromatic heterocycles. The minimum Gasteiger partial charge on any atom is -0.748 e. The number of quaternary nitrogens is 1. The molecule has 0 amide bonds. The van der Waals surface area contributed by atoms with Crippen molar-refractivity contribution in [2.24, 2.45) is 0 Å². The van der Waals surface area contributed by atoms with Crippen molar-refractivity contribution in [3.63, 3.8) is 0 Å². The number of nitrogens with zero attached hydrogens (tertiary/aromatic N) is 1. The van der Waals surface area contributed by atoms with Crippen LogP contribution in [0.4, 0.5) is 0 Å². The highest BCUT2D eigenvalue weighted by Crippen LogP contribution is 2.12. The molecular weight excluding hydrogens is 298 g/mol. The van der Waals surface area contributed by atoms with Crippen LogP contribution in [0.5, 0.6) is 0 Å². The van der Waals surface area contributed by atoms with Gasteiger partial charge >= 0.3 is 0 Å². The first-order valence-corrected chi connectivity index (χ1v) is 7.55. The van der Waals surface area contributed by atoms with Crippen molar-refractivity contribution >= 4 is 10.1 Å². The Morgan fingerprint density at radius 1 is 0.955 bits per heavy atom. The largest absolute Gasteiger partial charge is 0.748 e. The van der Waals surface area contributed by atoms with Crippen molar-refractivity contribution in [2.75, 3.05) is 32.9 Å². The van der Waals surface area contributed by atoms with Crippen LogP contribution in [-0.4, -0.2) is 50.3 Å². The van der Waals surface area contributed by atoms with Crippen LogP contribution in [0.1, 0.15) is 111 Å². The van der Waals surface area contributed by atoms with E-state index in [0.717, 1.165) is 14.1 Å². The van der Waals surface area contributed by atoms with Crippen molar-refractivity contribution in [3.8, 4) is 0 Å². The minimum atomic E-state index is -4.88. The molecule has 0 aliphatic heterocycles. The maximum absolute atomic E-state index is 11.0. The molecule has 0 aliphatic carbocycles. The van der Waals surface area contributed by atoms with Gasteiger partial charge in [-0.05, 0) is 12.7 Å². The summed E-state index contributed by atoms with van der Waals surface area (Å²) < 4.78 is 232. The monoisotopic (exact) mass is 360 g/mol. The summed E-state index contributed by atoms with van der Waals surface area (Å²) in [6.07, 6.45) is -47.2. The average molecular weight is 361 g/mol. The predicted octanol–water partition coefficient (Wildman–Crippen LogP) is 3.92. The number of rotatable bonds is 15. The van der Waals surface area contributed by atoms with Crippen LogP contribution in [0.3, 0.4) is 0 Å². The molecule has 0 rings (SSSR count). The molecule has 0 radical (unpaired) electrons. The fourth-order valence-electron chi connectivity index (χ4n) is 1.12. The van der Waals surface area contributed by atoms with E-state index >= 15 is 0 Å². The zero-order chi connectivity index (χ0) is 39.1. The van der Waals surface area contributed by atoms with Crippen LogP contribution in [0.15, 0.2) is 0 Å². The third kappa shape index (κ3) is 16.2. The molecule has 0 atom stereocenters. The van der Waals surface area contributed by atoms with E-state index in [-0.39, 0.29) is 0 Å². The maximum Gasteiger partial charge on any atom is 0.0948 e. The first-order valence-electron chi connectivity index (χ1n) is 18.5. The van der Waals surface area contributed by atoms with Crippen LogP contribution in [0.25, 0.3) is 0 Å².